The van der Waals surface area contributed by atoms with E-state index in [1.807, 2.05) is 6.92 Å². The van der Waals surface area contributed by atoms with E-state index in [0.717, 1.165) is 0 Å². The molecular formula is C13H18N2O4S. The van der Waals surface area contributed by atoms with Crippen LogP contribution in [0.2, 0.25) is 0 Å². The van der Waals surface area contributed by atoms with E-state index in [-0.39, 0.29) is 30.4 Å². The smallest absolute Gasteiger partial charge is 0.243 e. The van der Waals surface area contributed by atoms with Gasteiger partial charge in [-0.25, -0.2) is 8.42 Å². The third kappa shape index (κ3) is 2.84. The van der Waals surface area contributed by atoms with Gasteiger partial charge in [-0.2, -0.15) is 4.31 Å². The number of fused-ring (bicyclic) bond motifs is 1. The summed E-state index contributed by atoms with van der Waals surface area (Å²) in [4.78, 5) is 11.5. The topological polar surface area (TPSA) is 86.7 Å². The van der Waals surface area contributed by atoms with Crippen molar-refractivity contribution in [2.45, 2.75) is 24.7 Å². The van der Waals surface area contributed by atoms with Crippen molar-refractivity contribution in [1.82, 2.24) is 4.31 Å². The number of nitrogens with zero attached hydrogens (tertiary/aromatic N) is 1. The van der Waals surface area contributed by atoms with Crippen molar-refractivity contribution in [2.24, 2.45) is 0 Å². The van der Waals surface area contributed by atoms with Crippen LogP contribution in [0.3, 0.4) is 0 Å². The van der Waals surface area contributed by atoms with Gasteiger partial charge in [0, 0.05) is 18.8 Å². The van der Waals surface area contributed by atoms with Crippen molar-refractivity contribution in [2.75, 3.05) is 25.0 Å². The molecule has 0 unspecified atom stereocenters. The summed E-state index contributed by atoms with van der Waals surface area (Å²) in [5.41, 5.74) is 1.36. The van der Waals surface area contributed by atoms with Crippen LogP contribution in [0.5, 0.6) is 0 Å². The fourth-order valence-corrected chi connectivity index (χ4v) is 3.80. The van der Waals surface area contributed by atoms with E-state index in [4.69, 9.17) is 5.11 Å². The molecule has 0 radical (unpaired) electrons. The Labute approximate surface area is 118 Å². The largest absolute Gasteiger partial charge is 0.395 e. The van der Waals surface area contributed by atoms with Gasteiger partial charge in [-0.05, 0) is 30.2 Å². The Morgan fingerprint density at radius 1 is 1.35 bits per heavy atom. The molecule has 1 aromatic carbocycles. The Balaban J connectivity index is 2.34. The maximum absolute atomic E-state index is 12.5. The van der Waals surface area contributed by atoms with Gasteiger partial charge in [0.1, 0.15) is 0 Å². The van der Waals surface area contributed by atoms with Crippen molar-refractivity contribution in [3.8, 4) is 0 Å². The van der Waals surface area contributed by atoms with E-state index in [2.05, 4.69) is 5.32 Å². The van der Waals surface area contributed by atoms with Crippen molar-refractivity contribution < 1.29 is 18.3 Å². The second-order valence-electron chi connectivity index (χ2n) is 4.67. The Kier molecular flexibility index (Phi) is 4.42. The lowest BCUT2D eigenvalue weighted by molar-refractivity contribution is -0.115. The van der Waals surface area contributed by atoms with Crippen LogP contribution in [0.1, 0.15) is 18.9 Å². The number of nitrogens with one attached hydrogen (secondary N) is 1. The number of anilines is 1. The lowest BCUT2D eigenvalue weighted by Crippen LogP contribution is -2.34. The van der Waals surface area contributed by atoms with Gasteiger partial charge >= 0.3 is 0 Å². The molecule has 110 valence electrons. The molecule has 1 aromatic rings. The van der Waals surface area contributed by atoms with E-state index in [1.54, 1.807) is 6.07 Å². The monoisotopic (exact) mass is 298 g/mol. The number of carbonyl (C=O) groups is 1. The minimum absolute atomic E-state index is 0.0738. The normalized spacial score (nSPS) is 14.4. The SMILES string of the molecule is CCCN(CCO)S(=O)(=O)c1ccc2c(c1)CC(=O)N2. The maximum Gasteiger partial charge on any atom is 0.243 e. The Hall–Kier alpha value is -1.44. The second kappa shape index (κ2) is 5.90. The average Bonchev–Trinajstić information content (AvgIpc) is 2.77. The van der Waals surface area contributed by atoms with E-state index < -0.39 is 10.0 Å². The summed E-state index contributed by atoms with van der Waals surface area (Å²) in [6, 6.07) is 4.62. The van der Waals surface area contributed by atoms with Gasteiger partial charge in [0.25, 0.3) is 0 Å². The Bertz CT molecular complexity index is 607. The van der Waals surface area contributed by atoms with Crippen molar-refractivity contribution in [3.63, 3.8) is 0 Å². The van der Waals surface area contributed by atoms with E-state index in [1.165, 1.54) is 16.4 Å². The zero-order valence-corrected chi connectivity index (χ0v) is 12.1. The molecule has 0 bridgehead atoms. The van der Waals surface area contributed by atoms with Gasteiger partial charge in [0.15, 0.2) is 0 Å². The van der Waals surface area contributed by atoms with Crippen LogP contribution in [-0.2, 0) is 21.2 Å². The van der Waals surface area contributed by atoms with E-state index in [0.29, 0.717) is 24.2 Å². The van der Waals surface area contributed by atoms with Crippen LogP contribution >= 0.6 is 0 Å². The van der Waals surface area contributed by atoms with Gasteiger partial charge in [-0.3, -0.25) is 4.79 Å². The molecule has 0 saturated carbocycles. The number of hydrogen-bond acceptors (Lipinski definition) is 4. The highest BCUT2D eigenvalue weighted by atomic mass is 32.2. The van der Waals surface area contributed by atoms with Gasteiger partial charge in [-0.1, -0.05) is 6.92 Å². The molecule has 0 saturated heterocycles. The molecule has 1 amide bonds. The van der Waals surface area contributed by atoms with Gasteiger partial charge < -0.3 is 10.4 Å². The molecule has 0 aromatic heterocycles. The third-order valence-electron chi connectivity index (χ3n) is 3.16. The standard InChI is InChI=1S/C13H18N2O4S/c1-2-5-15(6-7-16)20(18,19)11-3-4-12-10(8-11)9-13(17)14-12/h3-4,8,16H,2,5-7,9H2,1H3,(H,14,17). The van der Waals surface area contributed by atoms with Crippen molar-refractivity contribution in [3.05, 3.63) is 23.8 Å². The van der Waals surface area contributed by atoms with Gasteiger partial charge in [0.05, 0.1) is 17.9 Å². The zero-order chi connectivity index (χ0) is 14.8. The molecule has 1 heterocycles. The molecule has 0 fully saturated rings. The molecule has 0 atom stereocenters. The predicted octanol–water partition coefficient (Wildman–Crippen LogP) is 0.574. The van der Waals surface area contributed by atoms with Gasteiger partial charge in [-0.15, -0.1) is 0 Å². The first-order valence-electron chi connectivity index (χ1n) is 6.53. The number of sulfonamides is 1. The molecule has 1 aliphatic heterocycles. The minimum Gasteiger partial charge on any atom is -0.395 e. The number of amides is 1. The molecule has 0 aliphatic carbocycles. The first-order valence-corrected chi connectivity index (χ1v) is 7.97. The average molecular weight is 298 g/mol. The lowest BCUT2D eigenvalue weighted by Gasteiger charge is -2.20. The van der Waals surface area contributed by atoms with Gasteiger partial charge in [0.2, 0.25) is 15.9 Å². The second-order valence-corrected chi connectivity index (χ2v) is 6.61. The summed E-state index contributed by atoms with van der Waals surface area (Å²) in [7, 11) is -3.63. The summed E-state index contributed by atoms with van der Waals surface area (Å²) in [6.07, 6.45) is 0.872. The first-order chi connectivity index (χ1) is 9.48. The molecule has 7 heteroatoms. The molecule has 2 rings (SSSR count). The molecule has 6 nitrogen and oxygen atoms in total. The summed E-state index contributed by atoms with van der Waals surface area (Å²) >= 11 is 0. The fourth-order valence-electron chi connectivity index (χ4n) is 2.23. The summed E-state index contributed by atoms with van der Waals surface area (Å²) < 4.78 is 26.3. The van der Waals surface area contributed by atoms with Crippen LogP contribution in [-0.4, -0.2) is 43.4 Å². The zero-order valence-electron chi connectivity index (χ0n) is 11.3. The number of carbonyl (C=O) groups excluding carboxylic acids is 1. The van der Waals surface area contributed by atoms with Crippen LogP contribution in [0.15, 0.2) is 23.1 Å². The minimum atomic E-state index is -3.63. The highest BCUT2D eigenvalue weighted by Gasteiger charge is 2.26. The summed E-state index contributed by atoms with van der Waals surface area (Å²) in [6.45, 7) is 2.09. The lowest BCUT2D eigenvalue weighted by atomic mass is 10.2. The van der Waals surface area contributed by atoms with E-state index in [9.17, 15) is 13.2 Å². The number of benzene rings is 1. The van der Waals surface area contributed by atoms with Crippen molar-refractivity contribution in [1.29, 1.82) is 0 Å². The molecule has 0 spiro atoms. The highest BCUT2D eigenvalue weighted by molar-refractivity contribution is 7.89. The number of aliphatic hydroxyl groups is 1. The molecule has 2 N–H and O–H groups in total. The predicted molar refractivity (Wildman–Crippen MR) is 74.9 cm³/mol. The Morgan fingerprint density at radius 2 is 2.10 bits per heavy atom. The number of hydrogen-bond donors (Lipinski definition) is 2. The number of aliphatic hydroxyl groups excluding tert-OH is 1. The van der Waals surface area contributed by atoms with Crippen molar-refractivity contribution >= 4 is 21.6 Å². The summed E-state index contributed by atoms with van der Waals surface area (Å²) in [5.74, 6) is -0.129. The quantitative estimate of drug-likeness (QED) is 0.804. The van der Waals surface area contributed by atoms with Crippen LogP contribution in [0.4, 0.5) is 5.69 Å². The third-order valence-corrected chi connectivity index (χ3v) is 5.06. The highest BCUT2D eigenvalue weighted by Crippen LogP contribution is 2.27. The fraction of sp³-hybridized carbons (Fsp3) is 0.462. The number of rotatable bonds is 6. The van der Waals surface area contributed by atoms with Crippen LogP contribution in [0.25, 0.3) is 0 Å². The van der Waals surface area contributed by atoms with Crippen LogP contribution < -0.4 is 5.32 Å². The molecular weight excluding hydrogens is 280 g/mol. The summed E-state index contributed by atoms with van der Waals surface area (Å²) in [5, 5.41) is 11.7. The first kappa shape index (κ1) is 15.0. The maximum atomic E-state index is 12.5. The van der Waals surface area contributed by atoms with E-state index >= 15 is 0 Å². The van der Waals surface area contributed by atoms with Crippen LogP contribution in [0, 0.1) is 0 Å². The molecule has 20 heavy (non-hydrogen) atoms. The molecule has 1 aliphatic rings. The Morgan fingerprint density at radius 3 is 2.75 bits per heavy atom.